The molecule has 3 aliphatic carbocycles. The van der Waals surface area contributed by atoms with Crippen molar-refractivity contribution in [3.63, 3.8) is 0 Å². The van der Waals surface area contributed by atoms with Gasteiger partial charge in [0.1, 0.15) is 0 Å². The van der Waals surface area contributed by atoms with Crippen LogP contribution in [0.15, 0.2) is 0 Å². The lowest BCUT2D eigenvalue weighted by molar-refractivity contribution is -0.142. The maximum absolute atomic E-state index is 9.88. The van der Waals surface area contributed by atoms with E-state index in [1.54, 1.807) is 0 Å². The highest BCUT2D eigenvalue weighted by molar-refractivity contribution is 6.43. The summed E-state index contributed by atoms with van der Waals surface area (Å²) in [6.07, 6.45) is 15.5. The van der Waals surface area contributed by atoms with Crippen molar-refractivity contribution in [3.05, 3.63) is 0 Å². The molecule has 108 valence electrons. The van der Waals surface area contributed by atoms with Crippen LogP contribution in [0.4, 0.5) is 0 Å². The largest absolute Gasteiger partial charge is 0.311 e. The molecule has 0 aliphatic heterocycles. The van der Waals surface area contributed by atoms with Crippen LogP contribution in [-0.4, -0.2) is 23.7 Å². The minimum atomic E-state index is -0.199. The van der Waals surface area contributed by atoms with E-state index in [1.165, 1.54) is 64.2 Å². The first kappa shape index (κ1) is 14.7. The zero-order chi connectivity index (χ0) is 13.5. The molecule has 3 nitrogen and oxygen atoms in total. The second kappa shape index (κ2) is 7.78. The molecule has 3 aliphatic rings. The summed E-state index contributed by atoms with van der Waals surface area (Å²) >= 11 is 0. The average molecular weight is 265 g/mol. The van der Waals surface area contributed by atoms with Gasteiger partial charge in [-0.3, -0.25) is 9.59 Å². The standard InChI is InChI=1S/C12H23N.C4H4O2/c1-3-7-11(8-4-1)13-12-9-5-2-6-10-12;5-3-1-2-4(3)6/h11-13H,1-10H2;1-2H2. The van der Waals surface area contributed by atoms with E-state index in [-0.39, 0.29) is 11.6 Å². The number of ketones is 2. The van der Waals surface area contributed by atoms with Crippen LogP contribution in [0.1, 0.15) is 77.0 Å². The van der Waals surface area contributed by atoms with Crippen LogP contribution >= 0.6 is 0 Å². The molecule has 0 radical (unpaired) electrons. The minimum Gasteiger partial charge on any atom is -0.311 e. The highest BCUT2D eigenvalue weighted by Gasteiger charge is 2.23. The topological polar surface area (TPSA) is 46.2 Å². The molecule has 3 fully saturated rings. The normalized spacial score (nSPS) is 25.5. The summed E-state index contributed by atoms with van der Waals surface area (Å²) in [7, 11) is 0. The summed E-state index contributed by atoms with van der Waals surface area (Å²) in [5.41, 5.74) is 0. The lowest BCUT2D eigenvalue weighted by Crippen LogP contribution is -2.40. The van der Waals surface area contributed by atoms with Gasteiger partial charge < -0.3 is 5.32 Å². The molecule has 0 saturated heterocycles. The molecule has 0 aromatic heterocycles. The third-order valence-electron chi connectivity index (χ3n) is 4.57. The number of rotatable bonds is 2. The first-order valence-electron chi connectivity index (χ1n) is 8.08. The van der Waals surface area contributed by atoms with Crippen molar-refractivity contribution >= 4 is 11.6 Å². The number of carbonyl (C=O) groups excluding carboxylic acids is 2. The Bertz CT molecular complexity index is 272. The number of nitrogens with one attached hydrogen (secondary N) is 1. The Morgan fingerprint density at radius 2 is 1.00 bits per heavy atom. The summed E-state index contributed by atoms with van der Waals surface area (Å²) < 4.78 is 0. The van der Waals surface area contributed by atoms with Crippen molar-refractivity contribution in [3.8, 4) is 0 Å². The lowest BCUT2D eigenvalue weighted by Gasteiger charge is -2.30. The molecule has 0 spiro atoms. The molecule has 0 aromatic carbocycles. The molecule has 0 amide bonds. The van der Waals surface area contributed by atoms with Crippen molar-refractivity contribution in [2.75, 3.05) is 0 Å². The monoisotopic (exact) mass is 265 g/mol. The fourth-order valence-corrected chi connectivity index (χ4v) is 3.20. The molecule has 1 N–H and O–H groups in total. The SMILES string of the molecule is C1CCC(NC2CCCCC2)CC1.O=C1CCC1=O. The third kappa shape index (κ3) is 5.06. The predicted octanol–water partition coefficient (Wildman–Crippen LogP) is 3.16. The van der Waals surface area contributed by atoms with Crippen LogP contribution in [0.5, 0.6) is 0 Å². The molecule has 3 heteroatoms. The average Bonchev–Trinajstić information content (AvgIpc) is 2.48. The summed E-state index contributed by atoms with van der Waals surface area (Å²) in [5.74, 6) is -0.398. The van der Waals surface area contributed by atoms with Gasteiger partial charge in [-0.15, -0.1) is 0 Å². The minimum absolute atomic E-state index is 0.199. The molecule has 0 unspecified atom stereocenters. The van der Waals surface area contributed by atoms with E-state index in [0.717, 1.165) is 12.1 Å². The van der Waals surface area contributed by atoms with E-state index >= 15 is 0 Å². The lowest BCUT2D eigenvalue weighted by atomic mass is 9.91. The molecular formula is C16H27NO2. The van der Waals surface area contributed by atoms with Crippen molar-refractivity contribution in [2.24, 2.45) is 0 Å². The summed E-state index contributed by atoms with van der Waals surface area (Å²) in [5, 5.41) is 3.86. The maximum Gasteiger partial charge on any atom is 0.198 e. The van der Waals surface area contributed by atoms with Crippen molar-refractivity contribution < 1.29 is 9.59 Å². The Kier molecular flexibility index (Phi) is 6.02. The van der Waals surface area contributed by atoms with Crippen LogP contribution in [0.25, 0.3) is 0 Å². The fraction of sp³-hybridized carbons (Fsp3) is 0.875. The fourth-order valence-electron chi connectivity index (χ4n) is 3.20. The van der Waals surface area contributed by atoms with E-state index in [1.807, 2.05) is 0 Å². The zero-order valence-electron chi connectivity index (χ0n) is 12.0. The summed E-state index contributed by atoms with van der Waals surface area (Å²) in [6, 6.07) is 1.74. The van der Waals surface area contributed by atoms with Gasteiger partial charge in [0.25, 0.3) is 0 Å². The van der Waals surface area contributed by atoms with Crippen LogP contribution in [-0.2, 0) is 9.59 Å². The summed E-state index contributed by atoms with van der Waals surface area (Å²) in [6.45, 7) is 0. The van der Waals surface area contributed by atoms with Gasteiger partial charge in [0.05, 0.1) is 0 Å². The van der Waals surface area contributed by atoms with Gasteiger partial charge in [-0.2, -0.15) is 0 Å². The van der Waals surface area contributed by atoms with Gasteiger partial charge in [0, 0.05) is 24.9 Å². The molecular weight excluding hydrogens is 238 g/mol. The molecule has 0 aromatic rings. The maximum atomic E-state index is 9.88. The summed E-state index contributed by atoms with van der Waals surface area (Å²) in [4.78, 5) is 19.8. The van der Waals surface area contributed by atoms with E-state index < -0.39 is 0 Å². The highest BCUT2D eigenvalue weighted by atomic mass is 16.2. The Balaban J connectivity index is 0.000000186. The number of hydrogen-bond donors (Lipinski definition) is 1. The Morgan fingerprint density at radius 3 is 1.26 bits per heavy atom. The van der Waals surface area contributed by atoms with Gasteiger partial charge >= 0.3 is 0 Å². The van der Waals surface area contributed by atoms with Crippen LogP contribution in [0.2, 0.25) is 0 Å². The predicted molar refractivity (Wildman–Crippen MR) is 76.1 cm³/mol. The smallest absolute Gasteiger partial charge is 0.198 e. The third-order valence-corrected chi connectivity index (χ3v) is 4.57. The first-order chi connectivity index (χ1) is 9.25. The molecule has 3 saturated carbocycles. The Labute approximate surface area is 116 Å². The first-order valence-corrected chi connectivity index (χ1v) is 8.08. The van der Waals surface area contributed by atoms with E-state index in [2.05, 4.69) is 5.32 Å². The van der Waals surface area contributed by atoms with Crippen molar-refractivity contribution in [1.82, 2.24) is 5.32 Å². The molecule has 0 atom stereocenters. The van der Waals surface area contributed by atoms with Gasteiger partial charge in [-0.1, -0.05) is 38.5 Å². The van der Waals surface area contributed by atoms with Crippen LogP contribution in [0.3, 0.4) is 0 Å². The van der Waals surface area contributed by atoms with Gasteiger partial charge in [0.2, 0.25) is 0 Å². The van der Waals surface area contributed by atoms with Crippen LogP contribution in [0, 0.1) is 0 Å². The number of carbonyl (C=O) groups is 2. The zero-order valence-corrected chi connectivity index (χ0v) is 12.0. The van der Waals surface area contributed by atoms with Crippen LogP contribution < -0.4 is 5.32 Å². The van der Waals surface area contributed by atoms with Crippen molar-refractivity contribution in [2.45, 2.75) is 89.1 Å². The van der Waals surface area contributed by atoms with Gasteiger partial charge in [0.15, 0.2) is 11.6 Å². The second-order valence-corrected chi connectivity index (χ2v) is 6.18. The molecule has 3 rings (SSSR count). The van der Waals surface area contributed by atoms with Crippen molar-refractivity contribution in [1.29, 1.82) is 0 Å². The number of Topliss-reactive ketones (excluding diaryl/α,β-unsaturated/α-hetero) is 2. The van der Waals surface area contributed by atoms with E-state index in [9.17, 15) is 9.59 Å². The highest BCUT2D eigenvalue weighted by Crippen LogP contribution is 2.22. The quantitative estimate of drug-likeness (QED) is 0.780. The Hall–Kier alpha value is -0.700. The molecule has 0 bridgehead atoms. The van der Waals surface area contributed by atoms with Gasteiger partial charge in [-0.25, -0.2) is 0 Å². The number of hydrogen-bond acceptors (Lipinski definition) is 3. The molecule has 19 heavy (non-hydrogen) atoms. The Morgan fingerprint density at radius 1 is 0.632 bits per heavy atom. The van der Waals surface area contributed by atoms with E-state index in [0.29, 0.717) is 12.8 Å². The van der Waals surface area contributed by atoms with E-state index in [4.69, 9.17) is 0 Å². The molecule has 0 heterocycles. The second-order valence-electron chi connectivity index (χ2n) is 6.18. The van der Waals surface area contributed by atoms with Gasteiger partial charge in [-0.05, 0) is 25.7 Å².